The maximum atomic E-state index is 11.5. The molecule has 0 spiro atoms. The molecule has 0 saturated heterocycles. The Balaban J connectivity index is 2.60. The third kappa shape index (κ3) is 3.90. The van der Waals surface area contributed by atoms with Crippen molar-refractivity contribution in [3.8, 4) is 0 Å². The lowest BCUT2D eigenvalue weighted by Gasteiger charge is -2.13. The molecular weight excluding hydrogens is 238 g/mol. The number of benzene rings is 1. The fourth-order valence-corrected chi connectivity index (χ4v) is 2.05. The maximum Gasteiger partial charge on any atom is 0.215 e. The number of rotatable bonds is 5. The zero-order valence-corrected chi connectivity index (χ0v) is 11.2. The number of anilines is 2. The summed E-state index contributed by atoms with van der Waals surface area (Å²) in [6.07, 6.45) is 0. The Kier molecular flexibility index (Phi) is 4.36. The Labute approximate surface area is 103 Å². The summed E-state index contributed by atoms with van der Waals surface area (Å²) in [4.78, 5) is 0. The molecule has 3 N–H and O–H groups in total. The Bertz CT molecular complexity index is 483. The van der Waals surface area contributed by atoms with Crippen LogP contribution < -0.4 is 11.1 Å². The van der Waals surface area contributed by atoms with Crippen molar-refractivity contribution in [1.82, 2.24) is 4.31 Å². The molecule has 0 aliphatic rings. The molecule has 0 unspecified atom stereocenters. The van der Waals surface area contributed by atoms with E-state index in [0.29, 0.717) is 12.2 Å². The van der Waals surface area contributed by atoms with E-state index < -0.39 is 10.0 Å². The van der Waals surface area contributed by atoms with Crippen LogP contribution in [0.15, 0.2) is 18.2 Å². The van der Waals surface area contributed by atoms with Crippen molar-refractivity contribution >= 4 is 21.4 Å². The Morgan fingerprint density at radius 3 is 2.59 bits per heavy atom. The van der Waals surface area contributed by atoms with E-state index in [1.165, 1.54) is 18.4 Å². The monoisotopic (exact) mass is 257 g/mol. The summed E-state index contributed by atoms with van der Waals surface area (Å²) in [7, 11) is -0.113. The zero-order valence-electron chi connectivity index (χ0n) is 10.4. The van der Waals surface area contributed by atoms with Crippen molar-refractivity contribution in [2.45, 2.75) is 6.92 Å². The molecule has 0 saturated carbocycles. The third-order valence-electron chi connectivity index (χ3n) is 2.44. The first kappa shape index (κ1) is 13.8. The summed E-state index contributed by atoms with van der Waals surface area (Å²) in [5.41, 5.74) is 8.26. The van der Waals surface area contributed by atoms with Gasteiger partial charge in [0.05, 0.1) is 17.1 Å². The van der Waals surface area contributed by atoms with E-state index in [4.69, 9.17) is 5.73 Å². The van der Waals surface area contributed by atoms with Gasteiger partial charge in [0, 0.05) is 20.6 Å². The van der Waals surface area contributed by atoms with Crippen LogP contribution in [-0.4, -0.2) is 39.1 Å². The Morgan fingerprint density at radius 1 is 1.35 bits per heavy atom. The third-order valence-corrected chi connectivity index (χ3v) is 4.27. The molecule has 96 valence electrons. The smallest absolute Gasteiger partial charge is 0.215 e. The number of aryl methyl sites for hydroxylation is 1. The van der Waals surface area contributed by atoms with Gasteiger partial charge < -0.3 is 11.1 Å². The molecule has 17 heavy (non-hydrogen) atoms. The van der Waals surface area contributed by atoms with Gasteiger partial charge in [-0.3, -0.25) is 0 Å². The molecule has 0 amide bonds. The molecule has 0 aliphatic carbocycles. The predicted octanol–water partition coefficient (Wildman–Crippen LogP) is 0.881. The van der Waals surface area contributed by atoms with Crippen LogP contribution in [0.3, 0.4) is 0 Å². The van der Waals surface area contributed by atoms with Gasteiger partial charge in [-0.25, -0.2) is 12.7 Å². The summed E-state index contributed by atoms with van der Waals surface area (Å²) in [5.74, 6) is 0.0490. The summed E-state index contributed by atoms with van der Waals surface area (Å²) in [6.45, 7) is 2.30. The standard InChI is InChI=1S/C11H19N3O2S/c1-9-4-5-10(12)11(8-9)13-6-7-17(15,16)14(2)3/h4-5,8,13H,6-7,12H2,1-3H3. The molecule has 5 nitrogen and oxygen atoms in total. The van der Waals surface area contributed by atoms with Gasteiger partial charge in [-0.2, -0.15) is 0 Å². The normalized spacial score (nSPS) is 11.8. The van der Waals surface area contributed by atoms with Crippen molar-refractivity contribution < 1.29 is 8.42 Å². The highest BCUT2D eigenvalue weighted by Gasteiger charge is 2.12. The zero-order chi connectivity index (χ0) is 13.1. The molecule has 0 radical (unpaired) electrons. The minimum Gasteiger partial charge on any atom is -0.397 e. The van der Waals surface area contributed by atoms with Crippen LogP contribution in [0.2, 0.25) is 0 Å². The first-order valence-corrected chi connectivity index (χ1v) is 6.94. The molecule has 1 rings (SSSR count). The first-order chi connectivity index (χ1) is 7.83. The number of nitrogen functional groups attached to an aromatic ring is 1. The van der Waals surface area contributed by atoms with Gasteiger partial charge in [-0.1, -0.05) is 6.07 Å². The second-order valence-corrected chi connectivity index (χ2v) is 6.42. The lowest BCUT2D eigenvalue weighted by atomic mass is 10.2. The van der Waals surface area contributed by atoms with Crippen LogP contribution >= 0.6 is 0 Å². The van der Waals surface area contributed by atoms with Crippen molar-refractivity contribution in [2.24, 2.45) is 0 Å². The summed E-state index contributed by atoms with van der Waals surface area (Å²) >= 11 is 0. The molecule has 6 heteroatoms. The highest BCUT2D eigenvalue weighted by Crippen LogP contribution is 2.19. The fourth-order valence-electron chi connectivity index (χ4n) is 1.32. The number of hydrogen-bond donors (Lipinski definition) is 2. The van der Waals surface area contributed by atoms with Gasteiger partial charge in [-0.15, -0.1) is 0 Å². The molecule has 1 aromatic rings. The quantitative estimate of drug-likeness (QED) is 0.768. The summed E-state index contributed by atoms with van der Waals surface area (Å²) in [6, 6.07) is 5.62. The van der Waals surface area contributed by atoms with Gasteiger partial charge in [-0.05, 0) is 24.6 Å². The van der Waals surface area contributed by atoms with Gasteiger partial charge >= 0.3 is 0 Å². The lowest BCUT2D eigenvalue weighted by molar-refractivity contribution is 0.521. The van der Waals surface area contributed by atoms with Crippen LogP contribution in [0, 0.1) is 6.92 Å². The lowest BCUT2D eigenvalue weighted by Crippen LogP contribution is -2.28. The van der Waals surface area contributed by atoms with Crippen molar-refractivity contribution in [3.05, 3.63) is 23.8 Å². The maximum absolute atomic E-state index is 11.5. The van der Waals surface area contributed by atoms with Gasteiger partial charge in [0.2, 0.25) is 10.0 Å². The number of sulfonamides is 1. The molecule has 0 heterocycles. The van der Waals surface area contributed by atoms with E-state index >= 15 is 0 Å². The summed E-state index contributed by atoms with van der Waals surface area (Å²) in [5, 5.41) is 3.03. The van der Waals surface area contributed by atoms with Gasteiger partial charge in [0.15, 0.2) is 0 Å². The van der Waals surface area contributed by atoms with Crippen molar-refractivity contribution in [1.29, 1.82) is 0 Å². The number of nitrogens with two attached hydrogens (primary N) is 1. The first-order valence-electron chi connectivity index (χ1n) is 5.33. The molecule has 0 aromatic heterocycles. The Hall–Kier alpha value is -1.27. The SMILES string of the molecule is Cc1ccc(N)c(NCCS(=O)(=O)N(C)C)c1. The minimum absolute atomic E-state index is 0.0490. The topological polar surface area (TPSA) is 75.4 Å². The largest absolute Gasteiger partial charge is 0.397 e. The molecule has 0 bridgehead atoms. The van der Waals surface area contributed by atoms with E-state index in [0.717, 1.165) is 11.3 Å². The second-order valence-electron chi connectivity index (χ2n) is 4.12. The highest BCUT2D eigenvalue weighted by atomic mass is 32.2. The molecule has 0 aliphatic heterocycles. The number of hydrogen-bond acceptors (Lipinski definition) is 4. The van der Waals surface area contributed by atoms with Crippen LogP contribution in [0.1, 0.15) is 5.56 Å². The van der Waals surface area contributed by atoms with Crippen molar-refractivity contribution in [3.63, 3.8) is 0 Å². The number of nitrogens with zero attached hydrogens (tertiary/aromatic N) is 1. The van der Waals surface area contributed by atoms with Crippen molar-refractivity contribution in [2.75, 3.05) is 37.4 Å². The number of nitrogens with one attached hydrogen (secondary N) is 1. The van der Waals surface area contributed by atoms with Crippen LogP contribution in [0.4, 0.5) is 11.4 Å². The minimum atomic E-state index is -3.16. The second kappa shape index (κ2) is 5.37. The average molecular weight is 257 g/mol. The van der Waals surface area contributed by atoms with Gasteiger partial charge in [0.25, 0.3) is 0 Å². The van der Waals surface area contributed by atoms with E-state index in [1.807, 2.05) is 19.1 Å². The van der Waals surface area contributed by atoms with Gasteiger partial charge in [0.1, 0.15) is 0 Å². The Morgan fingerprint density at radius 2 is 2.00 bits per heavy atom. The molecule has 0 fully saturated rings. The van der Waals surface area contributed by atoms with Crippen LogP contribution in [-0.2, 0) is 10.0 Å². The highest BCUT2D eigenvalue weighted by molar-refractivity contribution is 7.89. The average Bonchev–Trinajstić information content (AvgIpc) is 2.22. The van der Waals surface area contributed by atoms with E-state index in [-0.39, 0.29) is 5.75 Å². The van der Waals surface area contributed by atoms with Crippen LogP contribution in [0.5, 0.6) is 0 Å². The van der Waals surface area contributed by atoms with E-state index in [2.05, 4.69) is 5.32 Å². The van der Waals surface area contributed by atoms with Crippen LogP contribution in [0.25, 0.3) is 0 Å². The molecule has 1 aromatic carbocycles. The van der Waals surface area contributed by atoms with E-state index in [1.54, 1.807) is 6.07 Å². The predicted molar refractivity (Wildman–Crippen MR) is 71.6 cm³/mol. The summed E-state index contributed by atoms with van der Waals surface area (Å²) < 4.78 is 24.3. The van der Waals surface area contributed by atoms with E-state index in [9.17, 15) is 8.42 Å². The molecular formula is C11H19N3O2S. The fraction of sp³-hybridized carbons (Fsp3) is 0.455. The molecule has 0 atom stereocenters.